The van der Waals surface area contributed by atoms with Crippen molar-refractivity contribution in [2.75, 3.05) is 31.6 Å². The van der Waals surface area contributed by atoms with E-state index in [1.807, 2.05) is 23.1 Å². The lowest BCUT2D eigenvalue weighted by Gasteiger charge is -2.17. The third-order valence-electron chi connectivity index (χ3n) is 3.39. The van der Waals surface area contributed by atoms with Crippen LogP contribution in [0.25, 0.3) is 0 Å². The fourth-order valence-electron chi connectivity index (χ4n) is 2.36. The van der Waals surface area contributed by atoms with Crippen LogP contribution in [0.3, 0.4) is 0 Å². The van der Waals surface area contributed by atoms with Crippen molar-refractivity contribution in [2.24, 2.45) is 0 Å². The molecule has 19 heavy (non-hydrogen) atoms. The molecule has 5 heteroatoms. The lowest BCUT2D eigenvalue weighted by atomic mass is 10.3. The van der Waals surface area contributed by atoms with Crippen LogP contribution in [0.5, 0.6) is 11.5 Å². The molecule has 2 aliphatic heterocycles. The predicted octanol–water partition coefficient (Wildman–Crippen LogP) is 2.48. The van der Waals surface area contributed by atoms with Gasteiger partial charge in [-0.3, -0.25) is 0 Å². The Hall–Kier alpha value is -1.91. The number of fused-ring (bicyclic) bond motifs is 1. The number of carbonyl (C=O) groups excluding carboxylic acids is 1. The average Bonchev–Trinajstić information content (AvgIpc) is 2.85. The van der Waals surface area contributed by atoms with Crippen LogP contribution in [0.2, 0.25) is 0 Å². The molecule has 0 radical (unpaired) electrons. The minimum absolute atomic E-state index is 0.0352. The Bertz CT molecular complexity index is 470. The highest BCUT2D eigenvalue weighted by Gasteiger charge is 2.18. The number of carbonyl (C=O) groups is 1. The van der Waals surface area contributed by atoms with Crippen molar-refractivity contribution in [3.8, 4) is 11.5 Å². The van der Waals surface area contributed by atoms with Gasteiger partial charge in [0, 0.05) is 31.3 Å². The molecule has 1 fully saturated rings. The van der Waals surface area contributed by atoms with Gasteiger partial charge in [0.05, 0.1) is 13.2 Å². The first-order valence-electron chi connectivity index (χ1n) is 6.78. The summed E-state index contributed by atoms with van der Waals surface area (Å²) in [7, 11) is 0. The van der Waals surface area contributed by atoms with Gasteiger partial charge in [-0.1, -0.05) is 0 Å². The van der Waals surface area contributed by atoms with E-state index in [-0.39, 0.29) is 6.03 Å². The maximum atomic E-state index is 12.0. The topological polar surface area (TPSA) is 50.8 Å². The molecule has 2 heterocycles. The number of urea groups is 1. The minimum atomic E-state index is -0.0352. The summed E-state index contributed by atoms with van der Waals surface area (Å²) in [4.78, 5) is 13.8. The molecule has 2 aliphatic rings. The van der Waals surface area contributed by atoms with E-state index in [2.05, 4.69) is 5.32 Å². The number of nitrogens with zero attached hydrogens (tertiary/aromatic N) is 1. The van der Waals surface area contributed by atoms with Crippen LogP contribution in [0.4, 0.5) is 10.5 Å². The molecule has 0 bridgehead atoms. The normalized spacial score (nSPS) is 18.0. The summed E-state index contributed by atoms with van der Waals surface area (Å²) in [5, 5.41) is 2.91. The number of hydrogen-bond donors (Lipinski definition) is 1. The van der Waals surface area contributed by atoms with Crippen molar-refractivity contribution in [3.05, 3.63) is 18.2 Å². The summed E-state index contributed by atoms with van der Waals surface area (Å²) >= 11 is 0. The van der Waals surface area contributed by atoms with Crippen LogP contribution in [0.15, 0.2) is 18.2 Å². The van der Waals surface area contributed by atoms with Gasteiger partial charge in [0.15, 0.2) is 11.5 Å². The van der Waals surface area contributed by atoms with Crippen molar-refractivity contribution in [1.29, 1.82) is 0 Å². The monoisotopic (exact) mass is 262 g/mol. The molecular formula is C14H18N2O3. The third kappa shape index (κ3) is 2.75. The largest absolute Gasteiger partial charge is 0.490 e. The zero-order valence-electron chi connectivity index (χ0n) is 10.9. The van der Waals surface area contributed by atoms with Gasteiger partial charge in [-0.15, -0.1) is 0 Å². The lowest BCUT2D eigenvalue weighted by Crippen LogP contribution is -2.32. The van der Waals surface area contributed by atoms with Crippen LogP contribution in [0.1, 0.15) is 19.3 Å². The van der Waals surface area contributed by atoms with Crippen molar-refractivity contribution in [3.63, 3.8) is 0 Å². The quantitative estimate of drug-likeness (QED) is 0.846. The molecule has 1 aromatic carbocycles. The summed E-state index contributed by atoms with van der Waals surface area (Å²) in [5.41, 5.74) is 0.751. The minimum Gasteiger partial charge on any atom is -0.490 e. The van der Waals surface area contributed by atoms with Crippen molar-refractivity contribution >= 4 is 11.7 Å². The molecule has 0 atom stereocenters. The number of hydrogen-bond acceptors (Lipinski definition) is 3. The van der Waals surface area contributed by atoms with E-state index in [1.54, 1.807) is 0 Å². The molecule has 3 rings (SSSR count). The Morgan fingerprint density at radius 3 is 2.58 bits per heavy atom. The van der Waals surface area contributed by atoms with Gasteiger partial charge in [0.1, 0.15) is 0 Å². The highest BCUT2D eigenvalue weighted by molar-refractivity contribution is 5.89. The zero-order valence-corrected chi connectivity index (χ0v) is 10.9. The first kappa shape index (κ1) is 12.1. The van der Waals surface area contributed by atoms with Crippen molar-refractivity contribution < 1.29 is 14.3 Å². The van der Waals surface area contributed by atoms with Gasteiger partial charge in [0.2, 0.25) is 0 Å². The van der Waals surface area contributed by atoms with E-state index < -0.39 is 0 Å². The summed E-state index contributed by atoms with van der Waals surface area (Å²) in [6, 6.07) is 5.49. The Labute approximate surface area is 112 Å². The summed E-state index contributed by atoms with van der Waals surface area (Å²) < 4.78 is 11.2. The predicted molar refractivity (Wildman–Crippen MR) is 71.9 cm³/mol. The summed E-state index contributed by atoms with van der Waals surface area (Å²) in [5.74, 6) is 1.45. The maximum absolute atomic E-state index is 12.0. The molecule has 0 aromatic heterocycles. The number of ether oxygens (including phenoxy) is 2. The second kappa shape index (κ2) is 5.38. The maximum Gasteiger partial charge on any atom is 0.321 e. The highest BCUT2D eigenvalue weighted by atomic mass is 16.5. The standard InChI is InChI=1S/C14H18N2O3/c17-14(16-6-1-2-7-16)15-11-4-5-12-13(10-11)19-9-3-8-18-12/h4-5,10H,1-3,6-9H2,(H,15,17). The van der Waals surface area contributed by atoms with Gasteiger partial charge >= 0.3 is 6.03 Å². The fourth-order valence-corrected chi connectivity index (χ4v) is 2.36. The first-order chi connectivity index (χ1) is 9.33. The lowest BCUT2D eigenvalue weighted by molar-refractivity contribution is 0.222. The Kier molecular flexibility index (Phi) is 3.44. The molecule has 1 N–H and O–H groups in total. The van der Waals surface area contributed by atoms with Gasteiger partial charge in [-0.2, -0.15) is 0 Å². The molecular weight excluding hydrogens is 244 g/mol. The van der Waals surface area contributed by atoms with E-state index in [1.165, 1.54) is 0 Å². The van der Waals surface area contributed by atoms with Gasteiger partial charge in [-0.05, 0) is 25.0 Å². The van der Waals surface area contributed by atoms with E-state index in [9.17, 15) is 4.79 Å². The Balaban J connectivity index is 1.71. The smallest absolute Gasteiger partial charge is 0.321 e. The Morgan fingerprint density at radius 1 is 1.05 bits per heavy atom. The summed E-state index contributed by atoms with van der Waals surface area (Å²) in [6.07, 6.45) is 3.06. The average molecular weight is 262 g/mol. The highest BCUT2D eigenvalue weighted by Crippen LogP contribution is 2.32. The van der Waals surface area contributed by atoms with E-state index in [4.69, 9.17) is 9.47 Å². The van der Waals surface area contributed by atoms with E-state index >= 15 is 0 Å². The van der Waals surface area contributed by atoms with E-state index in [0.29, 0.717) is 19.0 Å². The second-order valence-corrected chi connectivity index (χ2v) is 4.84. The fraction of sp³-hybridized carbons (Fsp3) is 0.500. The Morgan fingerprint density at radius 2 is 1.79 bits per heavy atom. The number of rotatable bonds is 1. The number of amides is 2. The second-order valence-electron chi connectivity index (χ2n) is 4.84. The molecule has 0 saturated carbocycles. The van der Waals surface area contributed by atoms with E-state index in [0.717, 1.165) is 43.8 Å². The van der Waals surface area contributed by atoms with Gasteiger partial charge in [-0.25, -0.2) is 4.79 Å². The van der Waals surface area contributed by atoms with Crippen LogP contribution >= 0.6 is 0 Å². The number of nitrogens with one attached hydrogen (secondary N) is 1. The number of benzene rings is 1. The molecule has 1 aromatic rings. The third-order valence-corrected chi connectivity index (χ3v) is 3.39. The molecule has 0 spiro atoms. The number of likely N-dealkylation sites (tertiary alicyclic amines) is 1. The van der Waals surface area contributed by atoms with Crippen molar-refractivity contribution in [1.82, 2.24) is 4.90 Å². The van der Waals surface area contributed by atoms with Crippen LogP contribution in [-0.2, 0) is 0 Å². The first-order valence-corrected chi connectivity index (χ1v) is 6.78. The molecule has 102 valence electrons. The van der Waals surface area contributed by atoms with Gasteiger partial charge < -0.3 is 19.7 Å². The molecule has 2 amide bonds. The SMILES string of the molecule is O=C(Nc1ccc2c(c1)OCCCO2)N1CCCC1. The van der Waals surface area contributed by atoms with Gasteiger partial charge in [0.25, 0.3) is 0 Å². The van der Waals surface area contributed by atoms with Crippen LogP contribution in [0, 0.1) is 0 Å². The molecule has 0 aliphatic carbocycles. The van der Waals surface area contributed by atoms with Crippen LogP contribution < -0.4 is 14.8 Å². The van der Waals surface area contributed by atoms with Crippen molar-refractivity contribution in [2.45, 2.75) is 19.3 Å². The molecule has 1 saturated heterocycles. The number of anilines is 1. The van der Waals surface area contributed by atoms with Crippen LogP contribution in [-0.4, -0.2) is 37.2 Å². The molecule has 0 unspecified atom stereocenters. The molecule has 5 nitrogen and oxygen atoms in total. The summed E-state index contributed by atoms with van der Waals surface area (Å²) in [6.45, 7) is 3.01. The zero-order chi connectivity index (χ0) is 13.1.